The van der Waals surface area contributed by atoms with Gasteiger partial charge in [-0.05, 0) is 57.2 Å². The maximum absolute atomic E-state index is 13.1. The number of ether oxygens (including phenoxy) is 1. The zero-order valence-electron chi connectivity index (χ0n) is 16.7. The minimum atomic E-state index is -1.32. The van der Waals surface area contributed by atoms with Gasteiger partial charge in [-0.3, -0.25) is 15.4 Å². The number of aromatic carboxylic acids is 1. The number of carboxylic acids is 1. The molecule has 2 aromatic rings. The predicted octanol–water partition coefficient (Wildman–Crippen LogP) is 4.49. The van der Waals surface area contributed by atoms with E-state index >= 15 is 0 Å². The van der Waals surface area contributed by atoms with Crippen molar-refractivity contribution in [2.45, 2.75) is 26.4 Å². The molecule has 11 heteroatoms. The summed E-state index contributed by atoms with van der Waals surface area (Å²) in [4.78, 5) is 47.7. The molecule has 31 heavy (non-hydrogen) atoms. The summed E-state index contributed by atoms with van der Waals surface area (Å²) in [6.45, 7) is 4.91. The van der Waals surface area contributed by atoms with Gasteiger partial charge < -0.3 is 15.2 Å². The number of carbonyl (C=O) groups is 4. The van der Waals surface area contributed by atoms with Crippen LogP contribution in [-0.2, 0) is 4.74 Å². The highest BCUT2D eigenvalue weighted by atomic mass is 35.5. The second-order valence-electron chi connectivity index (χ2n) is 7.22. The first-order chi connectivity index (χ1) is 14.4. The Morgan fingerprint density at radius 2 is 1.65 bits per heavy atom. The Labute approximate surface area is 181 Å². The van der Waals surface area contributed by atoms with Crippen LogP contribution in [-0.4, -0.2) is 34.7 Å². The van der Waals surface area contributed by atoms with E-state index in [1.54, 1.807) is 20.8 Å². The fourth-order valence-corrected chi connectivity index (χ4v) is 2.58. The lowest BCUT2D eigenvalue weighted by atomic mass is 10.1. The van der Waals surface area contributed by atoms with Crippen LogP contribution in [0.5, 0.6) is 0 Å². The van der Waals surface area contributed by atoms with Crippen molar-refractivity contribution in [3.63, 3.8) is 0 Å². The minimum Gasteiger partial charge on any atom is -0.478 e. The fraction of sp³-hybridized carbons (Fsp3) is 0.200. The van der Waals surface area contributed by atoms with E-state index in [0.29, 0.717) is 0 Å². The van der Waals surface area contributed by atoms with Crippen molar-refractivity contribution in [1.82, 2.24) is 5.32 Å². The van der Waals surface area contributed by atoms with E-state index in [-0.39, 0.29) is 27.5 Å². The van der Waals surface area contributed by atoms with Gasteiger partial charge in [0.25, 0.3) is 5.91 Å². The number of carbonyl (C=O) groups excluding carboxylic acids is 3. The van der Waals surface area contributed by atoms with Gasteiger partial charge in [-0.15, -0.1) is 0 Å². The Bertz CT molecular complexity index is 1050. The number of amides is 4. The molecule has 9 nitrogen and oxygen atoms in total. The lowest BCUT2D eigenvalue weighted by molar-refractivity contribution is 0.0635. The van der Waals surface area contributed by atoms with Crippen molar-refractivity contribution in [1.29, 1.82) is 0 Å². The summed E-state index contributed by atoms with van der Waals surface area (Å²) < 4.78 is 18.2. The number of urea groups is 1. The van der Waals surface area contributed by atoms with Gasteiger partial charge in [0.15, 0.2) is 0 Å². The molecule has 0 spiro atoms. The second kappa shape index (κ2) is 9.43. The summed E-state index contributed by atoms with van der Waals surface area (Å²) in [5, 5.41) is 15.8. The first kappa shape index (κ1) is 23.6. The van der Waals surface area contributed by atoms with Crippen molar-refractivity contribution in [3.05, 3.63) is 58.4 Å². The average molecular weight is 452 g/mol. The molecule has 0 aliphatic rings. The van der Waals surface area contributed by atoms with Crippen LogP contribution in [0.15, 0.2) is 36.4 Å². The fourth-order valence-electron chi connectivity index (χ4n) is 2.33. The van der Waals surface area contributed by atoms with E-state index < -0.39 is 35.4 Å². The molecule has 0 atom stereocenters. The first-order valence-electron chi connectivity index (χ1n) is 8.80. The quantitative estimate of drug-likeness (QED) is 0.541. The molecule has 0 aromatic heterocycles. The van der Waals surface area contributed by atoms with Crippen LogP contribution >= 0.6 is 11.6 Å². The molecular formula is C20H19ClFN3O6. The number of carboxylic acid groups (broad SMARTS) is 1. The highest BCUT2D eigenvalue weighted by Gasteiger charge is 2.20. The maximum atomic E-state index is 13.1. The molecule has 2 aromatic carbocycles. The number of anilines is 2. The van der Waals surface area contributed by atoms with Gasteiger partial charge in [0.05, 0.1) is 21.8 Å². The van der Waals surface area contributed by atoms with Crippen molar-refractivity contribution in [2.24, 2.45) is 0 Å². The van der Waals surface area contributed by atoms with Crippen LogP contribution in [0.4, 0.5) is 25.4 Å². The first-order valence-corrected chi connectivity index (χ1v) is 9.18. The van der Waals surface area contributed by atoms with E-state index in [0.717, 1.165) is 24.3 Å². The molecule has 0 aliphatic carbocycles. The number of hydrogen-bond donors (Lipinski definition) is 4. The van der Waals surface area contributed by atoms with Gasteiger partial charge in [-0.1, -0.05) is 11.6 Å². The number of imide groups is 1. The molecule has 0 aliphatic heterocycles. The second-order valence-corrected chi connectivity index (χ2v) is 7.63. The lowest BCUT2D eigenvalue weighted by Gasteiger charge is -2.20. The average Bonchev–Trinajstić information content (AvgIpc) is 2.59. The maximum Gasteiger partial charge on any atom is 0.412 e. The Kier molecular flexibility index (Phi) is 7.19. The van der Waals surface area contributed by atoms with Crippen LogP contribution in [0, 0.1) is 5.82 Å². The predicted molar refractivity (Wildman–Crippen MR) is 111 cm³/mol. The van der Waals surface area contributed by atoms with Crippen molar-refractivity contribution >= 4 is 47.0 Å². The molecule has 2 rings (SSSR count). The number of hydrogen-bond acceptors (Lipinski definition) is 5. The summed E-state index contributed by atoms with van der Waals surface area (Å²) >= 11 is 5.79. The van der Waals surface area contributed by atoms with E-state index in [9.17, 15) is 28.7 Å². The number of nitrogens with one attached hydrogen (secondary N) is 3. The summed E-state index contributed by atoms with van der Waals surface area (Å²) in [6.07, 6.45) is -0.891. The van der Waals surface area contributed by atoms with Crippen LogP contribution < -0.4 is 16.0 Å². The Hall–Kier alpha value is -3.66. The molecular weight excluding hydrogens is 433 g/mol. The van der Waals surface area contributed by atoms with Gasteiger partial charge in [0.2, 0.25) is 0 Å². The molecule has 0 bridgehead atoms. The Morgan fingerprint density at radius 3 is 2.23 bits per heavy atom. The molecule has 0 heterocycles. The van der Waals surface area contributed by atoms with Crippen molar-refractivity contribution < 1.29 is 33.4 Å². The largest absolute Gasteiger partial charge is 0.478 e. The van der Waals surface area contributed by atoms with Gasteiger partial charge in [-0.25, -0.2) is 18.8 Å². The molecule has 0 radical (unpaired) electrons. The molecule has 4 amide bonds. The number of halogens is 2. The van der Waals surface area contributed by atoms with Gasteiger partial charge in [0.1, 0.15) is 11.4 Å². The highest BCUT2D eigenvalue weighted by molar-refractivity contribution is 6.34. The van der Waals surface area contributed by atoms with Gasteiger partial charge >= 0.3 is 18.1 Å². The Balaban J connectivity index is 2.15. The number of benzene rings is 2. The summed E-state index contributed by atoms with van der Waals surface area (Å²) in [5.41, 5.74) is -1.23. The third-order valence-corrected chi connectivity index (χ3v) is 3.86. The molecule has 0 fully saturated rings. The summed E-state index contributed by atoms with van der Waals surface area (Å²) in [7, 11) is 0. The van der Waals surface area contributed by atoms with Gasteiger partial charge in [-0.2, -0.15) is 0 Å². The van der Waals surface area contributed by atoms with E-state index in [4.69, 9.17) is 16.3 Å². The van der Waals surface area contributed by atoms with E-state index in [1.165, 1.54) is 12.1 Å². The molecule has 0 unspecified atom stereocenters. The van der Waals surface area contributed by atoms with Crippen molar-refractivity contribution in [2.75, 3.05) is 10.6 Å². The van der Waals surface area contributed by atoms with Crippen LogP contribution in [0.25, 0.3) is 0 Å². The van der Waals surface area contributed by atoms with Crippen LogP contribution in [0.2, 0.25) is 5.02 Å². The summed E-state index contributed by atoms with van der Waals surface area (Å²) in [6, 6.07) is 5.69. The summed E-state index contributed by atoms with van der Waals surface area (Å²) in [5.74, 6) is -2.84. The molecule has 164 valence electrons. The third-order valence-electron chi connectivity index (χ3n) is 3.55. The van der Waals surface area contributed by atoms with Crippen LogP contribution in [0.3, 0.4) is 0 Å². The molecule has 0 saturated heterocycles. The highest BCUT2D eigenvalue weighted by Crippen LogP contribution is 2.23. The van der Waals surface area contributed by atoms with E-state index in [1.807, 2.05) is 5.32 Å². The smallest absolute Gasteiger partial charge is 0.412 e. The standard InChI is InChI=1S/C20H19ClFN3O6/c1-20(2,3)31-19(30)24-15-9-11(5-7-13(15)17(27)28)23-18(29)25-16(26)12-6-4-10(22)8-14(12)21/h4-9H,1-3H3,(H,24,30)(H,27,28)(H2,23,25,26,29). The SMILES string of the molecule is CC(C)(C)OC(=O)Nc1cc(NC(=O)NC(=O)c2ccc(F)cc2Cl)ccc1C(=O)O. The van der Waals surface area contributed by atoms with Crippen LogP contribution in [0.1, 0.15) is 41.5 Å². The van der Waals surface area contributed by atoms with Crippen molar-refractivity contribution in [3.8, 4) is 0 Å². The monoisotopic (exact) mass is 451 g/mol. The molecule has 0 saturated carbocycles. The van der Waals surface area contributed by atoms with Gasteiger partial charge in [0, 0.05) is 5.69 Å². The Morgan fingerprint density at radius 1 is 1.00 bits per heavy atom. The topological polar surface area (TPSA) is 134 Å². The zero-order chi connectivity index (χ0) is 23.3. The molecule has 4 N–H and O–H groups in total. The third kappa shape index (κ3) is 6.96. The van der Waals surface area contributed by atoms with E-state index in [2.05, 4.69) is 10.6 Å². The minimum absolute atomic E-state index is 0.0755. The lowest BCUT2D eigenvalue weighted by Crippen LogP contribution is -2.34. The number of rotatable bonds is 4. The zero-order valence-corrected chi connectivity index (χ0v) is 17.5. The normalized spacial score (nSPS) is 10.7.